The molecule has 1 aromatic carbocycles. The third-order valence-corrected chi connectivity index (χ3v) is 2.80. The Morgan fingerprint density at radius 3 is 2.95 bits per heavy atom. The van der Waals surface area contributed by atoms with E-state index in [-0.39, 0.29) is 23.2 Å². The van der Waals surface area contributed by atoms with Gasteiger partial charge in [-0.1, -0.05) is 11.2 Å². The van der Waals surface area contributed by atoms with Gasteiger partial charge in [-0.3, -0.25) is 0 Å². The molecule has 0 saturated carbocycles. The van der Waals surface area contributed by atoms with Crippen LogP contribution in [0.25, 0.3) is 23.0 Å². The molecule has 8 heteroatoms. The van der Waals surface area contributed by atoms with Gasteiger partial charge in [-0.05, 0) is 12.1 Å². The van der Waals surface area contributed by atoms with Gasteiger partial charge in [-0.25, -0.2) is 9.97 Å². The zero-order chi connectivity index (χ0) is 14.8. The van der Waals surface area contributed by atoms with Crippen molar-refractivity contribution in [2.24, 2.45) is 0 Å². The van der Waals surface area contributed by atoms with Gasteiger partial charge in [0, 0.05) is 6.07 Å². The second-order valence-corrected chi connectivity index (χ2v) is 4.11. The van der Waals surface area contributed by atoms with E-state index in [0.717, 1.165) is 0 Å². The maximum atomic E-state index is 9.91. The van der Waals surface area contributed by atoms with Crippen molar-refractivity contribution >= 4 is 5.69 Å². The van der Waals surface area contributed by atoms with E-state index in [2.05, 4.69) is 20.1 Å². The van der Waals surface area contributed by atoms with Crippen molar-refractivity contribution in [3.8, 4) is 34.6 Å². The number of hydrogen-bond donors (Lipinski definition) is 2. The second-order valence-electron chi connectivity index (χ2n) is 4.11. The number of anilines is 1. The fourth-order valence-corrected chi connectivity index (χ4v) is 1.74. The van der Waals surface area contributed by atoms with Crippen LogP contribution in [0.4, 0.5) is 5.69 Å². The highest BCUT2D eigenvalue weighted by Crippen LogP contribution is 2.33. The van der Waals surface area contributed by atoms with Crippen molar-refractivity contribution in [2.45, 2.75) is 0 Å². The highest BCUT2D eigenvalue weighted by molar-refractivity contribution is 5.72. The predicted molar refractivity (Wildman–Crippen MR) is 73.4 cm³/mol. The number of benzene rings is 1. The lowest BCUT2D eigenvalue weighted by Gasteiger charge is -2.01. The van der Waals surface area contributed by atoms with Crippen LogP contribution < -0.4 is 10.5 Å². The van der Waals surface area contributed by atoms with Crippen LogP contribution in [0.5, 0.6) is 11.6 Å². The van der Waals surface area contributed by atoms with Crippen LogP contribution in [0, 0.1) is 0 Å². The van der Waals surface area contributed by atoms with Gasteiger partial charge in [0.2, 0.25) is 11.7 Å². The van der Waals surface area contributed by atoms with Gasteiger partial charge in [-0.2, -0.15) is 4.98 Å². The lowest BCUT2D eigenvalue weighted by atomic mass is 10.2. The standard InChI is InChI=1S/C13H11N5O3/c1-20-10-5-9(15-6-16-10)12-17-13(21-18-12)7-3-2-4-8(14)11(7)19/h2-6,19H,14H2,1H3. The molecule has 106 valence electrons. The average molecular weight is 285 g/mol. The Morgan fingerprint density at radius 1 is 1.29 bits per heavy atom. The fourth-order valence-electron chi connectivity index (χ4n) is 1.74. The topological polar surface area (TPSA) is 120 Å². The van der Waals surface area contributed by atoms with E-state index >= 15 is 0 Å². The van der Waals surface area contributed by atoms with E-state index < -0.39 is 0 Å². The fraction of sp³-hybridized carbons (Fsp3) is 0.0769. The Bertz CT molecular complexity index is 787. The Kier molecular flexibility index (Phi) is 3.11. The summed E-state index contributed by atoms with van der Waals surface area (Å²) < 4.78 is 10.1. The van der Waals surface area contributed by atoms with Crippen LogP contribution in [-0.2, 0) is 0 Å². The number of hydrogen-bond acceptors (Lipinski definition) is 8. The normalized spacial score (nSPS) is 10.5. The number of ether oxygens (including phenoxy) is 1. The Hall–Kier alpha value is -3.16. The van der Waals surface area contributed by atoms with E-state index in [1.165, 1.54) is 13.4 Å². The first-order valence-corrected chi connectivity index (χ1v) is 5.97. The molecule has 0 saturated heterocycles. The number of methoxy groups -OCH3 is 1. The molecule has 2 heterocycles. The summed E-state index contributed by atoms with van der Waals surface area (Å²) in [4.78, 5) is 12.1. The van der Waals surface area contributed by atoms with Crippen molar-refractivity contribution in [1.82, 2.24) is 20.1 Å². The summed E-state index contributed by atoms with van der Waals surface area (Å²) in [6, 6.07) is 6.46. The minimum absolute atomic E-state index is 0.104. The van der Waals surface area contributed by atoms with Gasteiger partial charge in [0.15, 0.2) is 5.75 Å². The third kappa shape index (κ3) is 2.34. The Balaban J connectivity index is 2.01. The van der Waals surface area contributed by atoms with E-state index in [1.54, 1.807) is 24.3 Å². The smallest absolute Gasteiger partial charge is 0.262 e. The van der Waals surface area contributed by atoms with E-state index in [1.807, 2.05) is 0 Å². The number of para-hydroxylation sites is 1. The number of aromatic nitrogens is 4. The molecule has 0 radical (unpaired) electrons. The largest absolute Gasteiger partial charge is 0.505 e. The molecule has 0 atom stereocenters. The van der Waals surface area contributed by atoms with Crippen LogP contribution in [0.1, 0.15) is 0 Å². The first-order chi connectivity index (χ1) is 10.2. The molecule has 2 aromatic heterocycles. The zero-order valence-corrected chi connectivity index (χ0v) is 11.0. The number of nitrogen functional groups attached to an aromatic ring is 1. The summed E-state index contributed by atoms with van der Waals surface area (Å²) in [5.74, 6) is 0.686. The van der Waals surface area contributed by atoms with Crippen molar-refractivity contribution in [3.05, 3.63) is 30.6 Å². The number of nitrogens with two attached hydrogens (primary N) is 1. The molecule has 0 fully saturated rings. The number of nitrogens with zero attached hydrogens (tertiary/aromatic N) is 4. The van der Waals surface area contributed by atoms with Crippen LogP contribution in [0.2, 0.25) is 0 Å². The van der Waals surface area contributed by atoms with Gasteiger partial charge < -0.3 is 20.1 Å². The van der Waals surface area contributed by atoms with Crippen LogP contribution in [0.3, 0.4) is 0 Å². The SMILES string of the molecule is COc1cc(-c2noc(-c3cccc(N)c3O)n2)ncn1. The van der Waals surface area contributed by atoms with Crippen LogP contribution in [-0.4, -0.2) is 32.3 Å². The highest BCUT2D eigenvalue weighted by Gasteiger charge is 2.16. The molecule has 3 N–H and O–H groups in total. The molecule has 0 amide bonds. The van der Waals surface area contributed by atoms with Gasteiger partial charge in [0.1, 0.15) is 12.0 Å². The highest BCUT2D eigenvalue weighted by atomic mass is 16.5. The monoisotopic (exact) mass is 285 g/mol. The van der Waals surface area contributed by atoms with Crippen molar-refractivity contribution in [3.63, 3.8) is 0 Å². The van der Waals surface area contributed by atoms with Crippen molar-refractivity contribution in [2.75, 3.05) is 12.8 Å². The molecular formula is C13H11N5O3. The Labute approximate surface area is 119 Å². The summed E-state index contributed by atoms with van der Waals surface area (Å²) in [6.07, 6.45) is 1.34. The minimum atomic E-state index is -0.104. The molecule has 8 nitrogen and oxygen atoms in total. The Morgan fingerprint density at radius 2 is 2.14 bits per heavy atom. The maximum Gasteiger partial charge on any atom is 0.262 e. The van der Waals surface area contributed by atoms with Crippen molar-refractivity contribution in [1.29, 1.82) is 0 Å². The summed E-state index contributed by atoms with van der Waals surface area (Å²) in [6.45, 7) is 0. The van der Waals surface area contributed by atoms with Gasteiger partial charge >= 0.3 is 0 Å². The number of aromatic hydroxyl groups is 1. The number of phenols is 1. The van der Waals surface area contributed by atoms with Gasteiger partial charge in [0.05, 0.1) is 18.4 Å². The van der Waals surface area contributed by atoms with E-state index in [9.17, 15) is 5.11 Å². The first-order valence-electron chi connectivity index (χ1n) is 5.97. The van der Waals surface area contributed by atoms with Crippen LogP contribution in [0.15, 0.2) is 35.1 Å². The molecule has 0 spiro atoms. The summed E-state index contributed by atoms with van der Waals surface area (Å²) >= 11 is 0. The maximum absolute atomic E-state index is 9.91. The first kappa shape index (κ1) is 12.9. The number of rotatable bonds is 3. The lowest BCUT2D eigenvalue weighted by molar-refractivity contribution is 0.397. The quantitative estimate of drug-likeness (QED) is 0.548. The average Bonchev–Trinajstić information content (AvgIpc) is 3.00. The molecule has 0 unspecified atom stereocenters. The minimum Gasteiger partial charge on any atom is -0.505 e. The molecular weight excluding hydrogens is 274 g/mol. The second kappa shape index (κ2) is 5.08. The molecule has 0 aliphatic heterocycles. The van der Waals surface area contributed by atoms with Crippen molar-refractivity contribution < 1.29 is 14.4 Å². The van der Waals surface area contributed by atoms with Crippen LogP contribution >= 0.6 is 0 Å². The molecule has 3 aromatic rings. The van der Waals surface area contributed by atoms with Gasteiger partial charge in [0.25, 0.3) is 5.89 Å². The number of phenolic OH excluding ortho intramolecular Hbond substituents is 1. The zero-order valence-electron chi connectivity index (χ0n) is 11.0. The summed E-state index contributed by atoms with van der Waals surface area (Å²) in [5.41, 5.74) is 6.67. The predicted octanol–water partition coefficient (Wildman–Crippen LogP) is 1.49. The molecule has 3 rings (SSSR count). The third-order valence-electron chi connectivity index (χ3n) is 2.80. The van der Waals surface area contributed by atoms with E-state index in [0.29, 0.717) is 17.1 Å². The molecule has 0 aliphatic rings. The molecule has 21 heavy (non-hydrogen) atoms. The lowest BCUT2D eigenvalue weighted by Crippen LogP contribution is -1.92. The molecule has 0 aliphatic carbocycles. The summed E-state index contributed by atoms with van der Waals surface area (Å²) in [5, 5.41) is 13.7. The van der Waals surface area contributed by atoms with Gasteiger partial charge in [-0.15, -0.1) is 0 Å². The molecule has 0 bridgehead atoms. The van der Waals surface area contributed by atoms with E-state index in [4.69, 9.17) is 15.0 Å². The summed E-state index contributed by atoms with van der Waals surface area (Å²) in [7, 11) is 1.50.